The van der Waals surface area contributed by atoms with Gasteiger partial charge in [0.25, 0.3) is 0 Å². The fraction of sp³-hybridized carbons (Fsp3) is 0.923. The molecule has 1 saturated carbocycles. The lowest BCUT2D eigenvalue weighted by molar-refractivity contribution is -0.129. The summed E-state index contributed by atoms with van der Waals surface area (Å²) < 4.78 is 10.6. The number of carbonyl (C=O) groups is 1. The molecule has 0 radical (unpaired) electrons. The molecule has 0 aromatic heterocycles. The van der Waals surface area contributed by atoms with Crippen LogP contribution in [0.15, 0.2) is 0 Å². The van der Waals surface area contributed by atoms with Crippen LogP contribution in [0.2, 0.25) is 0 Å². The van der Waals surface area contributed by atoms with Gasteiger partial charge in [-0.2, -0.15) is 0 Å². The smallest absolute Gasteiger partial charge is 0.220 e. The third-order valence-corrected chi connectivity index (χ3v) is 3.68. The monoisotopic (exact) mass is 241 g/mol. The van der Waals surface area contributed by atoms with Crippen LogP contribution >= 0.6 is 0 Å². The molecular weight excluding hydrogens is 218 g/mol. The van der Waals surface area contributed by atoms with E-state index in [1.165, 1.54) is 0 Å². The fourth-order valence-electron chi connectivity index (χ4n) is 2.41. The van der Waals surface area contributed by atoms with Crippen molar-refractivity contribution in [1.29, 1.82) is 0 Å². The van der Waals surface area contributed by atoms with Crippen LogP contribution < -0.4 is 5.32 Å². The van der Waals surface area contributed by atoms with Crippen LogP contribution in [0.3, 0.4) is 0 Å². The lowest BCUT2D eigenvalue weighted by Crippen LogP contribution is -2.49. The van der Waals surface area contributed by atoms with Crippen LogP contribution in [0.4, 0.5) is 0 Å². The van der Waals surface area contributed by atoms with E-state index in [2.05, 4.69) is 12.2 Å². The Morgan fingerprint density at radius 2 is 2.18 bits per heavy atom. The molecule has 1 N–H and O–H groups in total. The summed E-state index contributed by atoms with van der Waals surface area (Å²) in [5.74, 6) is 0.704. The third kappa shape index (κ3) is 3.42. The van der Waals surface area contributed by atoms with E-state index >= 15 is 0 Å². The molecule has 2 rings (SSSR count). The number of amides is 1. The van der Waals surface area contributed by atoms with Gasteiger partial charge in [0.05, 0.1) is 19.3 Å². The molecule has 4 nitrogen and oxygen atoms in total. The van der Waals surface area contributed by atoms with E-state index in [0.29, 0.717) is 18.4 Å². The van der Waals surface area contributed by atoms with Gasteiger partial charge in [0.2, 0.25) is 5.91 Å². The topological polar surface area (TPSA) is 47.6 Å². The molecule has 0 bridgehead atoms. The molecule has 0 unspecified atom stereocenters. The van der Waals surface area contributed by atoms with Gasteiger partial charge in [-0.25, -0.2) is 0 Å². The highest BCUT2D eigenvalue weighted by Gasteiger charge is 2.35. The van der Waals surface area contributed by atoms with Crippen LogP contribution in [0, 0.1) is 11.3 Å². The average molecular weight is 241 g/mol. The number of ether oxygens (including phenoxy) is 2. The number of carbonyl (C=O) groups excluding carboxylic acids is 1. The summed E-state index contributed by atoms with van der Waals surface area (Å²) in [7, 11) is 0. The first-order valence-electron chi connectivity index (χ1n) is 6.57. The fourth-order valence-corrected chi connectivity index (χ4v) is 2.41. The minimum absolute atomic E-state index is 0.170. The van der Waals surface area contributed by atoms with E-state index < -0.39 is 0 Å². The summed E-state index contributed by atoms with van der Waals surface area (Å²) in [6.45, 7) is 7.22. The normalized spacial score (nSPS) is 30.2. The molecule has 1 aliphatic heterocycles. The lowest BCUT2D eigenvalue weighted by atomic mass is 9.79. The minimum atomic E-state index is 0.170. The maximum atomic E-state index is 11.7. The van der Waals surface area contributed by atoms with Gasteiger partial charge in [0.15, 0.2) is 0 Å². The van der Waals surface area contributed by atoms with Crippen molar-refractivity contribution in [2.45, 2.75) is 39.2 Å². The second-order valence-electron chi connectivity index (χ2n) is 5.70. The van der Waals surface area contributed by atoms with Crippen molar-refractivity contribution in [3.8, 4) is 0 Å². The van der Waals surface area contributed by atoms with Gasteiger partial charge in [-0.1, -0.05) is 6.92 Å². The molecule has 2 fully saturated rings. The first kappa shape index (κ1) is 12.8. The van der Waals surface area contributed by atoms with E-state index in [9.17, 15) is 4.79 Å². The zero-order chi connectivity index (χ0) is 12.3. The average Bonchev–Trinajstić information content (AvgIpc) is 2.21. The molecule has 1 saturated heterocycles. The van der Waals surface area contributed by atoms with E-state index in [0.717, 1.165) is 39.2 Å². The number of nitrogens with one attached hydrogen (secondary N) is 1. The molecule has 0 spiro atoms. The van der Waals surface area contributed by atoms with Crippen molar-refractivity contribution >= 4 is 5.91 Å². The molecule has 1 heterocycles. The minimum Gasteiger partial charge on any atom is -0.380 e. The van der Waals surface area contributed by atoms with Crippen LogP contribution in [-0.2, 0) is 14.3 Å². The van der Waals surface area contributed by atoms with Crippen LogP contribution in [0.25, 0.3) is 0 Å². The van der Waals surface area contributed by atoms with E-state index in [1.807, 2.05) is 6.92 Å². The Bertz CT molecular complexity index is 270. The molecule has 0 aromatic rings. The van der Waals surface area contributed by atoms with Gasteiger partial charge in [0.1, 0.15) is 0 Å². The first-order valence-corrected chi connectivity index (χ1v) is 6.57. The summed E-state index contributed by atoms with van der Waals surface area (Å²) in [6, 6.07) is 0. The van der Waals surface area contributed by atoms with Crippen molar-refractivity contribution in [2.75, 3.05) is 26.4 Å². The molecular formula is C13H23NO3. The maximum Gasteiger partial charge on any atom is 0.220 e. The predicted octanol–water partition coefficient (Wildman–Crippen LogP) is 1.34. The zero-order valence-electron chi connectivity index (χ0n) is 10.8. The molecule has 1 aliphatic carbocycles. The highest BCUT2D eigenvalue weighted by atomic mass is 16.5. The third-order valence-electron chi connectivity index (χ3n) is 3.68. The van der Waals surface area contributed by atoms with Crippen LogP contribution in [0.1, 0.15) is 33.1 Å². The predicted molar refractivity (Wildman–Crippen MR) is 64.7 cm³/mol. The lowest BCUT2D eigenvalue weighted by Gasteiger charge is -2.38. The van der Waals surface area contributed by atoms with E-state index in [1.54, 1.807) is 0 Å². The number of hydrogen-bond acceptors (Lipinski definition) is 3. The first-order chi connectivity index (χ1) is 8.11. The van der Waals surface area contributed by atoms with Crippen LogP contribution in [-0.4, -0.2) is 38.4 Å². The summed E-state index contributed by atoms with van der Waals surface area (Å²) >= 11 is 0. The second kappa shape index (κ2) is 5.36. The van der Waals surface area contributed by atoms with E-state index in [4.69, 9.17) is 9.47 Å². The Kier molecular flexibility index (Phi) is 4.05. The Morgan fingerprint density at radius 3 is 2.71 bits per heavy atom. The van der Waals surface area contributed by atoms with Gasteiger partial charge in [-0.3, -0.25) is 4.79 Å². The molecule has 1 amide bonds. The Balaban J connectivity index is 1.56. The van der Waals surface area contributed by atoms with Gasteiger partial charge >= 0.3 is 0 Å². The molecule has 17 heavy (non-hydrogen) atoms. The highest BCUT2D eigenvalue weighted by molar-refractivity contribution is 5.76. The van der Waals surface area contributed by atoms with Gasteiger partial charge in [-0.15, -0.1) is 0 Å². The number of hydrogen-bond donors (Lipinski definition) is 1. The van der Waals surface area contributed by atoms with Crippen molar-refractivity contribution in [1.82, 2.24) is 5.32 Å². The standard InChI is InChI=1S/C13H23NO3/c1-3-17-11-4-10(5-11)6-12(15)14-7-13(2)8-16-9-13/h10-11H,3-9H2,1-2H3,(H,14,15). The van der Waals surface area contributed by atoms with Crippen molar-refractivity contribution < 1.29 is 14.3 Å². The van der Waals surface area contributed by atoms with Gasteiger partial charge < -0.3 is 14.8 Å². The van der Waals surface area contributed by atoms with Crippen molar-refractivity contribution in [3.63, 3.8) is 0 Å². The summed E-state index contributed by atoms with van der Waals surface area (Å²) in [4.78, 5) is 11.7. The molecule has 4 heteroatoms. The summed E-state index contributed by atoms with van der Waals surface area (Å²) in [5, 5.41) is 3.01. The van der Waals surface area contributed by atoms with Gasteiger partial charge in [0, 0.05) is 25.0 Å². The summed E-state index contributed by atoms with van der Waals surface area (Å²) in [5.41, 5.74) is 0.170. The molecule has 0 atom stereocenters. The van der Waals surface area contributed by atoms with E-state index in [-0.39, 0.29) is 11.3 Å². The molecule has 2 aliphatic rings. The number of rotatable bonds is 6. The van der Waals surface area contributed by atoms with Crippen molar-refractivity contribution in [2.24, 2.45) is 11.3 Å². The molecule has 0 aromatic carbocycles. The Labute approximate surface area is 103 Å². The van der Waals surface area contributed by atoms with Crippen LogP contribution in [0.5, 0.6) is 0 Å². The Hall–Kier alpha value is -0.610. The molecule has 98 valence electrons. The zero-order valence-corrected chi connectivity index (χ0v) is 10.8. The second-order valence-corrected chi connectivity index (χ2v) is 5.70. The SMILES string of the molecule is CCOC1CC(CC(=O)NCC2(C)COC2)C1. The highest BCUT2D eigenvalue weighted by Crippen LogP contribution is 2.32. The Morgan fingerprint density at radius 1 is 1.47 bits per heavy atom. The quantitative estimate of drug-likeness (QED) is 0.763. The maximum absolute atomic E-state index is 11.7. The summed E-state index contributed by atoms with van der Waals surface area (Å²) in [6.07, 6.45) is 3.14. The van der Waals surface area contributed by atoms with Gasteiger partial charge in [-0.05, 0) is 25.7 Å². The largest absolute Gasteiger partial charge is 0.380 e. The van der Waals surface area contributed by atoms with Crippen molar-refractivity contribution in [3.05, 3.63) is 0 Å².